The van der Waals surface area contributed by atoms with E-state index in [-0.39, 0.29) is 5.82 Å². The number of nitrogens with two attached hydrogens (primary N) is 1. The monoisotopic (exact) mass is 233 g/mol. The molecule has 0 radical (unpaired) electrons. The molecule has 17 heavy (non-hydrogen) atoms. The molecule has 1 heterocycles. The second-order valence-electron chi connectivity index (χ2n) is 4.13. The lowest BCUT2D eigenvalue weighted by Crippen LogP contribution is -2.03. The van der Waals surface area contributed by atoms with Gasteiger partial charge in [-0.15, -0.1) is 0 Å². The molecule has 0 aliphatic rings. The van der Waals surface area contributed by atoms with Crippen molar-refractivity contribution < 1.29 is 4.39 Å². The molecule has 0 atom stereocenters. The van der Waals surface area contributed by atoms with E-state index >= 15 is 0 Å². The highest BCUT2D eigenvalue weighted by atomic mass is 19.1. The van der Waals surface area contributed by atoms with Crippen molar-refractivity contribution in [2.24, 2.45) is 0 Å². The van der Waals surface area contributed by atoms with Gasteiger partial charge in [-0.2, -0.15) is 5.10 Å². The number of nitrogen functional groups attached to an aromatic ring is 1. The van der Waals surface area contributed by atoms with Crippen LogP contribution in [0.3, 0.4) is 0 Å². The summed E-state index contributed by atoms with van der Waals surface area (Å²) in [6, 6.07) is 4.95. The average molecular weight is 233 g/mol. The molecule has 0 unspecified atom stereocenters. The number of benzene rings is 1. The Bertz CT molecular complexity index is 531. The Labute approximate surface area is 100 Å². The second kappa shape index (κ2) is 4.57. The van der Waals surface area contributed by atoms with Crippen LogP contribution in [0.2, 0.25) is 0 Å². The third kappa shape index (κ3) is 2.16. The fourth-order valence-electron chi connectivity index (χ4n) is 1.84. The van der Waals surface area contributed by atoms with Gasteiger partial charge < -0.3 is 5.73 Å². The van der Waals surface area contributed by atoms with Crippen LogP contribution in [0.15, 0.2) is 24.4 Å². The van der Waals surface area contributed by atoms with Crippen molar-refractivity contribution in [3.63, 3.8) is 0 Å². The van der Waals surface area contributed by atoms with Crippen LogP contribution in [-0.2, 0) is 6.54 Å². The van der Waals surface area contributed by atoms with Gasteiger partial charge >= 0.3 is 0 Å². The fourth-order valence-corrected chi connectivity index (χ4v) is 1.84. The minimum absolute atomic E-state index is 0.255. The third-order valence-corrected chi connectivity index (χ3v) is 2.78. The normalized spacial score (nSPS) is 10.8. The highest BCUT2D eigenvalue weighted by Gasteiger charge is 2.11. The topological polar surface area (TPSA) is 43.8 Å². The number of rotatable bonds is 3. The number of hydrogen-bond donors (Lipinski definition) is 1. The maximum atomic E-state index is 13.9. The summed E-state index contributed by atoms with van der Waals surface area (Å²) in [5, 5.41) is 4.18. The number of nitrogens with zero attached hydrogens (tertiary/aromatic N) is 2. The van der Waals surface area contributed by atoms with Crippen molar-refractivity contribution in [1.82, 2.24) is 9.78 Å². The van der Waals surface area contributed by atoms with Gasteiger partial charge in [0, 0.05) is 24.0 Å². The molecule has 2 N–H and O–H groups in total. The Balaban J connectivity index is 2.52. The van der Waals surface area contributed by atoms with Crippen molar-refractivity contribution in [2.75, 3.05) is 5.73 Å². The highest BCUT2D eigenvalue weighted by molar-refractivity contribution is 5.67. The molecule has 1 aromatic carbocycles. The van der Waals surface area contributed by atoms with Gasteiger partial charge in [-0.25, -0.2) is 4.39 Å². The minimum Gasteiger partial charge on any atom is -0.398 e. The van der Waals surface area contributed by atoms with Gasteiger partial charge in [0.1, 0.15) is 5.82 Å². The number of aromatic nitrogens is 2. The molecule has 90 valence electrons. The Morgan fingerprint density at radius 1 is 1.41 bits per heavy atom. The summed E-state index contributed by atoms with van der Waals surface area (Å²) >= 11 is 0. The van der Waals surface area contributed by atoms with Crippen LogP contribution in [0.4, 0.5) is 10.1 Å². The van der Waals surface area contributed by atoms with Crippen molar-refractivity contribution in [3.8, 4) is 11.3 Å². The summed E-state index contributed by atoms with van der Waals surface area (Å²) in [5.41, 5.74) is 8.47. The van der Waals surface area contributed by atoms with E-state index in [1.54, 1.807) is 23.9 Å². The minimum atomic E-state index is -0.255. The highest BCUT2D eigenvalue weighted by Crippen LogP contribution is 2.27. The maximum absolute atomic E-state index is 13.9. The van der Waals surface area contributed by atoms with Gasteiger partial charge in [-0.05, 0) is 37.1 Å². The van der Waals surface area contributed by atoms with E-state index in [0.29, 0.717) is 11.3 Å². The Hall–Kier alpha value is -1.84. The van der Waals surface area contributed by atoms with Gasteiger partial charge in [0.25, 0.3) is 0 Å². The number of aryl methyl sites for hydroxylation is 2. The van der Waals surface area contributed by atoms with Gasteiger partial charge in [0.15, 0.2) is 0 Å². The molecule has 0 fully saturated rings. The molecule has 3 nitrogen and oxygen atoms in total. The molecule has 4 heteroatoms. The summed E-state index contributed by atoms with van der Waals surface area (Å²) in [6.45, 7) is 4.63. The first-order valence-corrected chi connectivity index (χ1v) is 5.71. The lowest BCUT2D eigenvalue weighted by Gasteiger charge is -2.09. The largest absolute Gasteiger partial charge is 0.398 e. The first-order valence-electron chi connectivity index (χ1n) is 5.71. The zero-order valence-electron chi connectivity index (χ0n) is 10.1. The van der Waals surface area contributed by atoms with Gasteiger partial charge in [-0.1, -0.05) is 6.92 Å². The zero-order valence-corrected chi connectivity index (χ0v) is 10.1. The van der Waals surface area contributed by atoms with E-state index in [4.69, 9.17) is 5.73 Å². The van der Waals surface area contributed by atoms with Crippen molar-refractivity contribution in [2.45, 2.75) is 26.8 Å². The van der Waals surface area contributed by atoms with Crippen molar-refractivity contribution in [3.05, 3.63) is 35.8 Å². The van der Waals surface area contributed by atoms with E-state index in [9.17, 15) is 4.39 Å². The molecule has 0 aliphatic heterocycles. The fraction of sp³-hybridized carbons (Fsp3) is 0.308. The van der Waals surface area contributed by atoms with Gasteiger partial charge in [0.2, 0.25) is 0 Å². The van der Waals surface area contributed by atoms with Crippen LogP contribution in [0.5, 0.6) is 0 Å². The van der Waals surface area contributed by atoms with E-state index < -0.39 is 0 Å². The van der Waals surface area contributed by atoms with Gasteiger partial charge in [0.05, 0.1) is 5.69 Å². The standard InChI is InChI=1S/C13H16FN3/c1-3-6-17-13(4-5-16-17)10-8-12(15)9(2)7-11(10)14/h4-5,7-8H,3,6,15H2,1-2H3. The smallest absolute Gasteiger partial charge is 0.132 e. The summed E-state index contributed by atoms with van der Waals surface area (Å²) in [6.07, 6.45) is 2.64. The number of anilines is 1. The Morgan fingerprint density at radius 2 is 2.18 bits per heavy atom. The molecule has 0 saturated heterocycles. The van der Waals surface area contributed by atoms with Crippen LogP contribution in [0.1, 0.15) is 18.9 Å². The Morgan fingerprint density at radius 3 is 2.88 bits per heavy atom. The molecule has 0 aliphatic carbocycles. The molecule has 0 bridgehead atoms. The molecular formula is C13H16FN3. The van der Waals surface area contributed by atoms with E-state index in [0.717, 1.165) is 24.2 Å². The van der Waals surface area contributed by atoms with Crippen molar-refractivity contribution >= 4 is 5.69 Å². The molecular weight excluding hydrogens is 217 g/mol. The molecule has 0 spiro atoms. The molecule has 0 saturated carbocycles. The summed E-state index contributed by atoms with van der Waals surface area (Å²) in [5.74, 6) is -0.255. The third-order valence-electron chi connectivity index (χ3n) is 2.78. The van der Waals surface area contributed by atoms with Crippen LogP contribution < -0.4 is 5.73 Å². The number of halogens is 1. The maximum Gasteiger partial charge on any atom is 0.132 e. The van der Waals surface area contributed by atoms with Crippen LogP contribution in [0.25, 0.3) is 11.3 Å². The van der Waals surface area contributed by atoms with E-state index in [2.05, 4.69) is 12.0 Å². The molecule has 2 rings (SSSR count). The summed E-state index contributed by atoms with van der Waals surface area (Å²) in [7, 11) is 0. The lowest BCUT2D eigenvalue weighted by molar-refractivity contribution is 0.598. The molecule has 1 aromatic heterocycles. The quantitative estimate of drug-likeness (QED) is 0.828. The first-order chi connectivity index (χ1) is 8.13. The summed E-state index contributed by atoms with van der Waals surface area (Å²) < 4.78 is 15.7. The van der Waals surface area contributed by atoms with Crippen LogP contribution in [-0.4, -0.2) is 9.78 Å². The van der Waals surface area contributed by atoms with Crippen LogP contribution in [0, 0.1) is 12.7 Å². The second-order valence-corrected chi connectivity index (χ2v) is 4.13. The van der Waals surface area contributed by atoms with Gasteiger partial charge in [-0.3, -0.25) is 4.68 Å². The van der Waals surface area contributed by atoms with E-state index in [1.165, 1.54) is 6.07 Å². The first kappa shape index (κ1) is 11.6. The molecule has 0 amide bonds. The summed E-state index contributed by atoms with van der Waals surface area (Å²) in [4.78, 5) is 0. The lowest BCUT2D eigenvalue weighted by atomic mass is 10.1. The average Bonchev–Trinajstić information content (AvgIpc) is 2.72. The van der Waals surface area contributed by atoms with Crippen LogP contribution >= 0.6 is 0 Å². The van der Waals surface area contributed by atoms with E-state index in [1.807, 2.05) is 6.07 Å². The predicted octanol–water partition coefficient (Wildman–Crippen LogP) is 2.99. The Kier molecular flexibility index (Phi) is 3.13. The molecule has 2 aromatic rings. The zero-order chi connectivity index (χ0) is 12.4. The predicted molar refractivity (Wildman–Crippen MR) is 67.1 cm³/mol. The van der Waals surface area contributed by atoms with Crippen molar-refractivity contribution in [1.29, 1.82) is 0 Å². The number of hydrogen-bond acceptors (Lipinski definition) is 2. The SMILES string of the molecule is CCCn1nccc1-c1cc(N)c(C)cc1F.